The number of piperidine rings is 1. The van der Waals surface area contributed by atoms with Gasteiger partial charge in [0.1, 0.15) is 0 Å². The molecule has 0 radical (unpaired) electrons. The molecule has 0 spiro atoms. The maximum atomic E-state index is 4.57. The fourth-order valence-corrected chi connectivity index (χ4v) is 3.02. The highest BCUT2D eigenvalue weighted by Crippen LogP contribution is 2.17. The summed E-state index contributed by atoms with van der Waals surface area (Å²) in [7, 11) is 0. The van der Waals surface area contributed by atoms with Crippen LogP contribution in [0, 0.1) is 6.92 Å². The first kappa shape index (κ1) is 15.4. The Labute approximate surface area is 123 Å². The van der Waals surface area contributed by atoms with Gasteiger partial charge in [0.25, 0.3) is 0 Å². The summed E-state index contributed by atoms with van der Waals surface area (Å²) >= 11 is 0. The molecule has 1 N–H and O–H groups in total. The van der Waals surface area contributed by atoms with Crippen molar-refractivity contribution in [2.75, 3.05) is 18.4 Å². The number of imidazole rings is 1. The van der Waals surface area contributed by atoms with Gasteiger partial charge in [0, 0.05) is 31.4 Å². The predicted octanol–water partition coefficient (Wildman–Crippen LogP) is 3.28. The van der Waals surface area contributed by atoms with E-state index in [1.165, 1.54) is 38.8 Å². The van der Waals surface area contributed by atoms with E-state index in [0.29, 0.717) is 6.04 Å². The molecular formula is C16H30N4. The van der Waals surface area contributed by atoms with Crippen LogP contribution in [0.4, 0.5) is 5.95 Å². The highest BCUT2D eigenvalue weighted by atomic mass is 15.2. The molecule has 0 bridgehead atoms. The lowest BCUT2D eigenvalue weighted by molar-refractivity contribution is 0.157. The molecule has 1 aromatic heterocycles. The monoisotopic (exact) mass is 278 g/mol. The fraction of sp³-hybridized carbons (Fsp3) is 0.812. The van der Waals surface area contributed by atoms with Crippen LogP contribution in [0.3, 0.4) is 0 Å². The van der Waals surface area contributed by atoms with E-state index < -0.39 is 0 Å². The van der Waals surface area contributed by atoms with Crippen molar-refractivity contribution in [2.45, 2.75) is 72.0 Å². The van der Waals surface area contributed by atoms with Crippen LogP contribution in [0.5, 0.6) is 0 Å². The van der Waals surface area contributed by atoms with Gasteiger partial charge in [-0.1, -0.05) is 6.42 Å². The zero-order chi connectivity index (χ0) is 14.5. The number of nitrogens with zero attached hydrogens (tertiary/aromatic N) is 3. The maximum Gasteiger partial charge on any atom is 0.203 e. The third-order valence-electron chi connectivity index (χ3n) is 4.10. The molecule has 4 nitrogen and oxygen atoms in total. The summed E-state index contributed by atoms with van der Waals surface area (Å²) in [5.41, 5.74) is 1.10. The van der Waals surface area contributed by atoms with Crippen LogP contribution in [0.25, 0.3) is 0 Å². The van der Waals surface area contributed by atoms with Gasteiger partial charge < -0.3 is 14.8 Å². The average molecular weight is 278 g/mol. The van der Waals surface area contributed by atoms with Gasteiger partial charge in [-0.3, -0.25) is 0 Å². The number of anilines is 1. The molecule has 20 heavy (non-hydrogen) atoms. The zero-order valence-corrected chi connectivity index (χ0v) is 13.5. The summed E-state index contributed by atoms with van der Waals surface area (Å²) in [6.07, 6.45) is 7.50. The second-order valence-electron chi connectivity index (χ2n) is 6.43. The quantitative estimate of drug-likeness (QED) is 0.867. The van der Waals surface area contributed by atoms with Crippen LogP contribution in [-0.2, 0) is 6.54 Å². The molecule has 0 aliphatic carbocycles. The molecule has 4 heteroatoms. The van der Waals surface area contributed by atoms with Crippen LogP contribution >= 0.6 is 0 Å². The van der Waals surface area contributed by atoms with Gasteiger partial charge in [-0.2, -0.15) is 0 Å². The number of rotatable bonds is 6. The molecule has 1 unspecified atom stereocenters. The predicted molar refractivity (Wildman–Crippen MR) is 85.2 cm³/mol. The molecule has 2 heterocycles. The Morgan fingerprint density at radius 2 is 2.15 bits per heavy atom. The SMILES string of the molecule is Cc1cn(CCCN2CCCCC2C)c(NC(C)C)n1. The lowest BCUT2D eigenvalue weighted by Crippen LogP contribution is -2.38. The highest BCUT2D eigenvalue weighted by molar-refractivity contribution is 5.29. The third kappa shape index (κ3) is 4.23. The minimum atomic E-state index is 0.428. The second-order valence-corrected chi connectivity index (χ2v) is 6.43. The molecule has 114 valence electrons. The lowest BCUT2D eigenvalue weighted by atomic mass is 10.0. The normalized spacial score (nSPS) is 20.6. The van der Waals surface area contributed by atoms with Gasteiger partial charge in [-0.25, -0.2) is 4.98 Å². The van der Waals surface area contributed by atoms with Crippen LogP contribution in [0.15, 0.2) is 6.20 Å². The summed E-state index contributed by atoms with van der Waals surface area (Å²) in [4.78, 5) is 7.21. The minimum absolute atomic E-state index is 0.428. The molecule has 2 rings (SSSR count). The van der Waals surface area contributed by atoms with Crippen molar-refractivity contribution in [3.63, 3.8) is 0 Å². The first-order valence-electron chi connectivity index (χ1n) is 8.10. The molecule has 0 saturated carbocycles. The second kappa shape index (κ2) is 7.11. The van der Waals surface area contributed by atoms with Crippen molar-refractivity contribution in [1.82, 2.24) is 14.5 Å². The van der Waals surface area contributed by atoms with Gasteiger partial charge in [0.15, 0.2) is 0 Å². The summed E-state index contributed by atoms with van der Waals surface area (Å²) in [5.74, 6) is 1.02. The number of aromatic nitrogens is 2. The van der Waals surface area contributed by atoms with Gasteiger partial charge in [0.2, 0.25) is 5.95 Å². The van der Waals surface area contributed by atoms with E-state index in [2.05, 4.69) is 53.7 Å². The number of nitrogens with one attached hydrogen (secondary N) is 1. The van der Waals surface area contributed by atoms with E-state index >= 15 is 0 Å². The largest absolute Gasteiger partial charge is 0.353 e. The van der Waals surface area contributed by atoms with E-state index in [1.807, 2.05) is 0 Å². The van der Waals surface area contributed by atoms with Crippen molar-refractivity contribution in [3.8, 4) is 0 Å². The van der Waals surface area contributed by atoms with Crippen LogP contribution < -0.4 is 5.32 Å². The standard InChI is InChI=1S/C16H30N4/c1-13(2)17-16-18-14(3)12-20(16)11-7-10-19-9-6-5-8-15(19)4/h12-13,15H,5-11H2,1-4H3,(H,17,18). The van der Waals surface area contributed by atoms with E-state index in [4.69, 9.17) is 0 Å². The summed E-state index contributed by atoms with van der Waals surface area (Å²) in [5, 5.41) is 3.43. The van der Waals surface area contributed by atoms with Crippen molar-refractivity contribution in [1.29, 1.82) is 0 Å². The van der Waals surface area contributed by atoms with Crippen molar-refractivity contribution >= 4 is 5.95 Å². The fourth-order valence-electron chi connectivity index (χ4n) is 3.02. The Morgan fingerprint density at radius 1 is 1.35 bits per heavy atom. The van der Waals surface area contributed by atoms with Gasteiger partial charge >= 0.3 is 0 Å². The molecule has 1 fully saturated rings. The van der Waals surface area contributed by atoms with E-state index in [0.717, 1.165) is 24.2 Å². The van der Waals surface area contributed by atoms with Crippen LogP contribution in [-0.4, -0.2) is 39.6 Å². The van der Waals surface area contributed by atoms with Gasteiger partial charge in [0.05, 0.1) is 5.69 Å². The topological polar surface area (TPSA) is 33.1 Å². The smallest absolute Gasteiger partial charge is 0.203 e. The number of aryl methyl sites for hydroxylation is 2. The minimum Gasteiger partial charge on any atom is -0.353 e. The highest BCUT2D eigenvalue weighted by Gasteiger charge is 2.17. The lowest BCUT2D eigenvalue weighted by Gasteiger charge is -2.33. The molecule has 1 atom stereocenters. The summed E-state index contributed by atoms with van der Waals surface area (Å²) in [6, 6.07) is 1.19. The first-order valence-corrected chi connectivity index (χ1v) is 8.10. The van der Waals surface area contributed by atoms with E-state index in [-0.39, 0.29) is 0 Å². The van der Waals surface area contributed by atoms with E-state index in [1.54, 1.807) is 0 Å². The van der Waals surface area contributed by atoms with Crippen molar-refractivity contribution in [2.24, 2.45) is 0 Å². The molecule has 1 aliphatic rings. The Bertz CT molecular complexity index is 411. The molecule has 0 amide bonds. The number of likely N-dealkylation sites (tertiary alicyclic amines) is 1. The summed E-state index contributed by atoms with van der Waals surface area (Å²) < 4.78 is 2.27. The Kier molecular flexibility index (Phi) is 5.46. The third-order valence-corrected chi connectivity index (χ3v) is 4.10. The van der Waals surface area contributed by atoms with Crippen molar-refractivity contribution in [3.05, 3.63) is 11.9 Å². The first-order chi connectivity index (χ1) is 9.56. The maximum absolute atomic E-state index is 4.57. The number of hydrogen-bond acceptors (Lipinski definition) is 3. The van der Waals surface area contributed by atoms with E-state index in [9.17, 15) is 0 Å². The Morgan fingerprint density at radius 3 is 2.85 bits per heavy atom. The molecule has 0 aromatic carbocycles. The Balaban J connectivity index is 1.84. The molecule has 1 aromatic rings. The average Bonchev–Trinajstić information content (AvgIpc) is 2.71. The van der Waals surface area contributed by atoms with Gasteiger partial charge in [-0.15, -0.1) is 0 Å². The Hall–Kier alpha value is -1.03. The zero-order valence-electron chi connectivity index (χ0n) is 13.5. The van der Waals surface area contributed by atoms with Crippen molar-refractivity contribution < 1.29 is 0 Å². The van der Waals surface area contributed by atoms with Crippen LogP contribution in [0.2, 0.25) is 0 Å². The van der Waals surface area contributed by atoms with Gasteiger partial charge in [-0.05, 0) is 53.5 Å². The number of hydrogen-bond donors (Lipinski definition) is 1. The molecule has 1 saturated heterocycles. The molecular weight excluding hydrogens is 248 g/mol. The summed E-state index contributed by atoms with van der Waals surface area (Å²) in [6.45, 7) is 12.3. The molecule has 1 aliphatic heterocycles. The van der Waals surface area contributed by atoms with Crippen LogP contribution in [0.1, 0.15) is 52.1 Å².